The van der Waals surface area contributed by atoms with Gasteiger partial charge < -0.3 is 14.6 Å². The standard InChI is InChI=1S/C9H5F3N2O3/c10-9(11,12)7-5(8(15)16)6(14-17-7)4-2-1-3-13-4/h1-3,13H,(H,15,16). The Bertz CT molecular complexity index is 542. The molecule has 0 bridgehead atoms. The number of hydrogen-bond donors (Lipinski definition) is 2. The molecule has 0 radical (unpaired) electrons. The van der Waals surface area contributed by atoms with Gasteiger partial charge in [-0.05, 0) is 12.1 Å². The molecule has 2 rings (SSSR count). The zero-order valence-corrected chi connectivity index (χ0v) is 8.08. The van der Waals surface area contributed by atoms with Gasteiger partial charge in [-0.1, -0.05) is 5.16 Å². The number of alkyl halides is 3. The van der Waals surface area contributed by atoms with E-state index < -0.39 is 23.5 Å². The minimum Gasteiger partial charge on any atom is -0.477 e. The Balaban J connectivity index is 2.64. The molecule has 2 aromatic heterocycles. The Morgan fingerprint density at radius 3 is 2.65 bits per heavy atom. The lowest BCUT2D eigenvalue weighted by molar-refractivity contribution is -0.156. The molecular formula is C9H5F3N2O3. The number of carboxylic acids is 1. The number of halogens is 3. The number of nitrogens with one attached hydrogen (secondary N) is 1. The van der Waals surface area contributed by atoms with Crippen molar-refractivity contribution in [1.29, 1.82) is 0 Å². The fourth-order valence-corrected chi connectivity index (χ4v) is 1.34. The van der Waals surface area contributed by atoms with Crippen LogP contribution in [0.5, 0.6) is 0 Å². The van der Waals surface area contributed by atoms with Gasteiger partial charge in [0.25, 0.3) is 5.76 Å². The van der Waals surface area contributed by atoms with E-state index in [4.69, 9.17) is 5.11 Å². The van der Waals surface area contributed by atoms with Crippen LogP contribution in [0, 0.1) is 0 Å². The maximum absolute atomic E-state index is 12.5. The Morgan fingerprint density at radius 1 is 1.47 bits per heavy atom. The second-order valence-corrected chi connectivity index (χ2v) is 3.12. The summed E-state index contributed by atoms with van der Waals surface area (Å²) in [6.07, 6.45) is -3.46. The molecule has 0 saturated heterocycles. The highest BCUT2D eigenvalue weighted by Gasteiger charge is 2.43. The molecule has 0 aliphatic carbocycles. The molecule has 0 saturated carbocycles. The predicted octanol–water partition coefficient (Wildman–Crippen LogP) is 2.39. The van der Waals surface area contributed by atoms with Crippen LogP contribution >= 0.6 is 0 Å². The second-order valence-electron chi connectivity index (χ2n) is 3.12. The lowest BCUT2D eigenvalue weighted by Crippen LogP contribution is -2.11. The molecular weight excluding hydrogens is 241 g/mol. The van der Waals surface area contributed by atoms with Crippen molar-refractivity contribution < 1.29 is 27.6 Å². The Morgan fingerprint density at radius 2 is 2.18 bits per heavy atom. The van der Waals surface area contributed by atoms with Crippen LogP contribution in [0.4, 0.5) is 13.2 Å². The second kappa shape index (κ2) is 3.65. The van der Waals surface area contributed by atoms with E-state index in [1.165, 1.54) is 18.3 Å². The minimum absolute atomic E-state index is 0.140. The molecule has 0 amide bonds. The molecule has 2 N–H and O–H groups in total. The molecule has 0 unspecified atom stereocenters. The van der Waals surface area contributed by atoms with Gasteiger partial charge in [0.2, 0.25) is 0 Å². The van der Waals surface area contributed by atoms with E-state index in [0.29, 0.717) is 0 Å². The monoisotopic (exact) mass is 246 g/mol. The Labute approximate surface area is 91.8 Å². The van der Waals surface area contributed by atoms with Gasteiger partial charge in [-0.2, -0.15) is 13.2 Å². The summed E-state index contributed by atoms with van der Waals surface area (Å²) < 4.78 is 41.4. The summed E-state index contributed by atoms with van der Waals surface area (Å²) in [5.41, 5.74) is -1.24. The third-order valence-corrected chi connectivity index (χ3v) is 2.02. The average Bonchev–Trinajstić information content (AvgIpc) is 2.84. The first kappa shape index (κ1) is 11.2. The molecule has 0 aromatic carbocycles. The number of rotatable bonds is 2. The first-order valence-electron chi connectivity index (χ1n) is 4.35. The number of aromatic nitrogens is 2. The van der Waals surface area contributed by atoms with Crippen LogP contribution in [0.15, 0.2) is 22.9 Å². The Hall–Kier alpha value is -2.25. The van der Waals surface area contributed by atoms with Crippen molar-refractivity contribution in [2.75, 3.05) is 0 Å². The average molecular weight is 246 g/mol. The summed E-state index contributed by atoms with van der Waals surface area (Å²) in [6, 6.07) is 2.90. The zero-order valence-electron chi connectivity index (χ0n) is 8.08. The van der Waals surface area contributed by atoms with Crippen molar-refractivity contribution in [3.63, 3.8) is 0 Å². The van der Waals surface area contributed by atoms with Crippen molar-refractivity contribution in [2.24, 2.45) is 0 Å². The molecule has 2 aromatic rings. The van der Waals surface area contributed by atoms with Gasteiger partial charge in [0, 0.05) is 6.20 Å². The van der Waals surface area contributed by atoms with Crippen LogP contribution in [-0.4, -0.2) is 21.2 Å². The largest absolute Gasteiger partial charge is 0.477 e. The highest BCUT2D eigenvalue weighted by atomic mass is 19.4. The lowest BCUT2D eigenvalue weighted by atomic mass is 10.1. The summed E-state index contributed by atoms with van der Waals surface area (Å²) in [5, 5.41) is 11.9. The predicted molar refractivity (Wildman–Crippen MR) is 48.3 cm³/mol. The summed E-state index contributed by atoms with van der Waals surface area (Å²) in [6.45, 7) is 0. The Kier molecular flexibility index (Phi) is 2.41. The fourth-order valence-electron chi connectivity index (χ4n) is 1.34. The molecule has 0 spiro atoms. The van der Waals surface area contributed by atoms with Crippen LogP contribution < -0.4 is 0 Å². The number of hydrogen-bond acceptors (Lipinski definition) is 3. The van der Waals surface area contributed by atoms with Gasteiger partial charge in [-0.25, -0.2) is 4.79 Å². The molecule has 5 nitrogen and oxygen atoms in total. The van der Waals surface area contributed by atoms with Gasteiger partial charge in [-0.15, -0.1) is 0 Å². The van der Waals surface area contributed by atoms with E-state index in [-0.39, 0.29) is 11.4 Å². The summed E-state index contributed by atoms with van der Waals surface area (Å²) in [4.78, 5) is 13.4. The maximum Gasteiger partial charge on any atom is 0.453 e. The van der Waals surface area contributed by atoms with Gasteiger partial charge in [0.1, 0.15) is 11.3 Å². The van der Waals surface area contributed by atoms with Crippen molar-refractivity contribution in [2.45, 2.75) is 6.18 Å². The molecule has 17 heavy (non-hydrogen) atoms. The maximum atomic E-state index is 12.5. The number of aromatic carboxylic acids is 1. The molecule has 0 aliphatic heterocycles. The zero-order chi connectivity index (χ0) is 12.6. The highest BCUT2D eigenvalue weighted by Crippen LogP contribution is 2.36. The van der Waals surface area contributed by atoms with Crippen molar-refractivity contribution in [1.82, 2.24) is 10.1 Å². The minimum atomic E-state index is -4.90. The molecule has 0 atom stereocenters. The van der Waals surface area contributed by atoms with Crippen LogP contribution in [0.25, 0.3) is 11.4 Å². The van der Waals surface area contributed by atoms with E-state index in [1.54, 1.807) is 0 Å². The number of carboxylic acid groups (broad SMARTS) is 1. The van der Waals surface area contributed by atoms with Crippen LogP contribution in [0.3, 0.4) is 0 Å². The lowest BCUT2D eigenvalue weighted by Gasteiger charge is -2.01. The quantitative estimate of drug-likeness (QED) is 0.852. The first-order chi connectivity index (χ1) is 7.91. The van der Waals surface area contributed by atoms with Crippen LogP contribution in [-0.2, 0) is 6.18 Å². The van der Waals surface area contributed by atoms with Crippen molar-refractivity contribution in [3.8, 4) is 11.4 Å². The number of nitrogens with zero attached hydrogens (tertiary/aromatic N) is 1. The number of carbonyl (C=O) groups is 1. The molecule has 0 aliphatic rings. The van der Waals surface area contributed by atoms with Gasteiger partial charge in [0.15, 0.2) is 0 Å². The molecule has 0 fully saturated rings. The van der Waals surface area contributed by atoms with Crippen molar-refractivity contribution in [3.05, 3.63) is 29.7 Å². The van der Waals surface area contributed by atoms with E-state index >= 15 is 0 Å². The van der Waals surface area contributed by atoms with E-state index in [9.17, 15) is 18.0 Å². The normalized spacial score (nSPS) is 11.7. The van der Waals surface area contributed by atoms with Gasteiger partial charge >= 0.3 is 12.1 Å². The third kappa shape index (κ3) is 1.88. The number of aromatic amines is 1. The van der Waals surface area contributed by atoms with Crippen LogP contribution in [0.2, 0.25) is 0 Å². The highest BCUT2D eigenvalue weighted by molar-refractivity contribution is 5.95. The molecule has 8 heteroatoms. The fraction of sp³-hybridized carbons (Fsp3) is 0.111. The van der Waals surface area contributed by atoms with Crippen LogP contribution in [0.1, 0.15) is 16.1 Å². The summed E-state index contributed by atoms with van der Waals surface area (Å²) >= 11 is 0. The third-order valence-electron chi connectivity index (χ3n) is 2.02. The van der Waals surface area contributed by atoms with Gasteiger partial charge in [-0.3, -0.25) is 0 Å². The molecule has 2 heterocycles. The van der Waals surface area contributed by atoms with E-state index in [1.807, 2.05) is 0 Å². The van der Waals surface area contributed by atoms with Crippen molar-refractivity contribution >= 4 is 5.97 Å². The van der Waals surface area contributed by atoms with Gasteiger partial charge in [0.05, 0.1) is 5.69 Å². The topological polar surface area (TPSA) is 79.1 Å². The smallest absolute Gasteiger partial charge is 0.453 e. The van der Waals surface area contributed by atoms with E-state index in [0.717, 1.165) is 0 Å². The number of H-pyrrole nitrogens is 1. The summed E-state index contributed by atoms with van der Waals surface area (Å²) in [5.74, 6) is -3.36. The first-order valence-corrected chi connectivity index (χ1v) is 4.35. The van der Waals surface area contributed by atoms with E-state index in [2.05, 4.69) is 14.7 Å². The summed E-state index contributed by atoms with van der Waals surface area (Å²) in [7, 11) is 0. The SMILES string of the molecule is O=C(O)c1c(-c2ccc[nH]2)noc1C(F)(F)F. The molecule has 90 valence electrons.